The number of rotatable bonds is 4. The predicted octanol–water partition coefficient (Wildman–Crippen LogP) is 2.53. The molecule has 0 aliphatic rings. The largest absolute Gasteiger partial charge is 0.394 e. The van der Waals surface area contributed by atoms with Gasteiger partial charge in [-0.25, -0.2) is 4.79 Å². The Kier molecular flexibility index (Phi) is 5.62. The Balaban J connectivity index is 2.68. The van der Waals surface area contributed by atoms with Crippen LogP contribution in [0.25, 0.3) is 0 Å². The quantitative estimate of drug-likeness (QED) is 0.897. The molecule has 2 unspecified atom stereocenters. The van der Waals surface area contributed by atoms with Crippen LogP contribution in [0.3, 0.4) is 0 Å². The van der Waals surface area contributed by atoms with Crippen LogP contribution in [0.15, 0.2) is 28.7 Å². The smallest absolute Gasteiger partial charge is 0.317 e. The molecule has 0 bridgehead atoms. The number of urea groups is 1. The summed E-state index contributed by atoms with van der Waals surface area (Å²) in [6, 6.07) is 7.28. The minimum absolute atomic E-state index is 0.0483. The van der Waals surface area contributed by atoms with Crippen molar-refractivity contribution in [3.05, 3.63) is 34.3 Å². The number of nitrogens with one attached hydrogen (secondary N) is 1. The molecule has 2 N–H and O–H groups in total. The maximum absolute atomic E-state index is 11.9. The number of carbonyl (C=O) groups is 1. The van der Waals surface area contributed by atoms with Crippen LogP contribution in [0.4, 0.5) is 4.79 Å². The second kappa shape index (κ2) is 6.75. The van der Waals surface area contributed by atoms with E-state index in [0.29, 0.717) is 0 Å². The second-order valence-corrected chi connectivity index (χ2v) is 5.19. The molecule has 18 heavy (non-hydrogen) atoms. The van der Waals surface area contributed by atoms with Crippen molar-refractivity contribution in [2.75, 3.05) is 13.7 Å². The lowest BCUT2D eigenvalue weighted by Crippen LogP contribution is -2.44. The fourth-order valence-corrected chi connectivity index (χ4v) is 2.14. The molecule has 0 saturated carbocycles. The number of likely N-dealkylation sites (N-methyl/N-ethyl adjacent to an activating group) is 1. The number of amides is 2. The molecular formula is C13H19BrN2O2. The first-order chi connectivity index (χ1) is 8.47. The van der Waals surface area contributed by atoms with Crippen LogP contribution in [0.1, 0.15) is 25.5 Å². The Morgan fingerprint density at radius 2 is 2.06 bits per heavy atom. The summed E-state index contributed by atoms with van der Waals surface area (Å²) < 4.78 is 0.968. The number of carbonyl (C=O) groups excluding carboxylic acids is 1. The molecule has 4 nitrogen and oxygen atoms in total. The van der Waals surface area contributed by atoms with Crippen LogP contribution in [-0.4, -0.2) is 35.7 Å². The standard InChI is InChI=1S/C13H19BrN2O2/c1-9(8-17)16(3)13(18)15-10(2)11-6-4-5-7-12(11)14/h4-7,9-10,17H,8H2,1-3H3,(H,15,18). The minimum atomic E-state index is -0.198. The molecule has 0 radical (unpaired) electrons. The van der Waals surface area contributed by atoms with Crippen LogP contribution in [0, 0.1) is 0 Å². The Labute approximate surface area is 116 Å². The molecule has 1 aromatic carbocycles. The number of hydrogen-bond donors (Lipinski definition) is 2. The van der Waals surface area contributed by atoms with Crippen molar-refractivity contribution in [2.24, 2.45) is 0 Å². The summed E-state index contributed by atoms with van der Waals surface area (Å²) in [5, 5.41) is 11.9. The van der Waals surface area contributed by atoms with E-state index in [0.717, 1.165) is 10.0 Å². The summed E-state index contributed by atoms with van der Waals surface area (Å²) in [7, 11) is 1.67. The molecule has 0 aliphatic carbocycles. The first-order valence-corrected chi connectivity index (χ1v) is 6.65. The molecule has 0 saturated heterocycles. The molecule has 0 fully saturated rings. The van der Waals surface area contributed by atoms with Crippen molar-refractivity contribution >= 4 is 22.0 Å². The number of hydrogen-bond acceptors (Lipinski definition) is 2. The third-order valence-corrected chi connectivity index (χ3v) is 3.68. The Hall–Kier alpha value is -1.07. The Morgan fingerprint density at radius 3 is 2.61 bits per heavy atom. The molecular weight excluding hydrogens is 296 g/mol. The Bertz CT molecular complexity index is 412. The molecule has 0 aliphatic heterocycles. The summed E-state index contributed by atoms with van der Waals surface area (Å²) in [5.41, 5.74) is 1.02. The van der Waals surface area contributed by atoms with Gasteiger partial charge in [0.25, 0.3) is 0 Å². The van der Waals surface area contributed by atoms with Gasteiger partial charge < -0.3 is 15.3 Å². The average Bonchev–Trinajstić information content (AvgIpc) is 2.37. The fourth-order valence-electron chi connectivity index (χ4n) is 1.51. The zero-order chi connectivity index (χ0) is 13.7. The van der Waals surface area contributed by atoms with Gasteiger partial charge in [0.05, 0.1) is 18.7 Å². The minimum Gasteiger partial charge on any atom is -0.394 e. The van der Waals surface area contributed by atoms with Gasteiger partial charge in [0.15, 0.2) is 0 Å². The van der Waals surface area contributed by atoms with Crippen LogP contribution in [-0.2, 0) is 0 Å². The molecule has 0 heterocycles. The molecule has 2 atom stereocenters. The van der Waals surface area contributed by atoms with Crippen molar-refractivity contribution < 1.29 is 9.90 Å². The molecule has 5 heteroatoms. The monoisotopic (exact) mass is 314 g/mol. The van der Waals surface area contributed by atoms with E-state index in [4.69, 9.17) is 5.11 Å². The van der Waals surface area contributed by atoms with Gasteiger partial charge >= 0.3 is 6.03 Å². The summed E-state index contributed by atoms with van der Waals surface area (Å²) in [6.07, 6.45) is 0. The van der Waals surface area contributed by atoms with E-state index < -0.39 is 0 Å². The maximum Gasteiger partial charge on any atom is 0.317 e. The molecule has 1 rings (SSSR count). The lowest BCUT2D eigenvalue weighted by atomic mass is 10.1. The van der Waals surface area contributed by atoms with E-state index in [1.54, 1.807) is 14.0 Å². The van der Waals surface area contributed by atoms with Crippen molar-refractivity contribution in [1.29, 1.82) is 0 Å². The van der Waals surface area contributed by atoms with Gasteiger partial charge in [0.2, 0.25) is 0 Å². The van der Waals surface area contributed by atoms with Crippen LogP contribution in [0.5, 0.6) is 0 Å². The third-order valence-electron chi connectivity index (χ3n) is 2.96. The van der Waals surface area contributed by atoms with Gasteiger partial charge in [0.1, 0.15) is 0 Å². The lowest BCUT2D eigenvalue weighted by Gasteiger charge is -2.26. The summed E-state index contributed by atoms with van der Waals surface area (Å²) in [4.78, 5) is 13.4. The third kappa shape index (κ3) is 3.71. The summed E-state index contributed by atoms with van der Waals surface area (Å²) >= 11 is 3.46. The molecule has 0 aromatic heterocycles. The predicted molar refractivity (Wildman–Crippen MR) is 75.4 cm³/mol. The first-order valence-electron chi connectivity index (χ1n) is 5.86. The highest BCUT2D eigenvalue weighted by Crippen LogP contribution is 2.22. The van der Waals surface area contributed by atoms with Gasteiger partial charge in [0, 0.05) is 11.5 Å². The SMILES string of the molecule is CC(NC(=O)N(C)C(C)CO)c1ccccc1Br. The van der Waals surface area contributed by atoms with Gasteiger partial charge in [-0.05, 0) is 25.5 Å². The Morgan fingerprint density at radius 1 is 1.44 bits per heavy atom. The molecule has 100 valence electrons. The average molecular weight is 315 g/mol. The molecule has 0 spiro atoms. The number of aliphatic hydroxyl groups is 1. The normalized spacial score (nSPS) is 13.8. The van der Waals surface area contributed by atoms with E-state index in [-0.39, 0.29) is 24.7 Å². The topological polar surface area (TPSA) is 52.6 Å². The fraction of sp³-hybridized carbons (Fsp3) is 0.462. The van der Waals surface area contributed by atoms with Crippen LogP contribution >= 0.6 is 15.9 Å². The van der Waals surface area contributed by atoms with Gasteiger partial charge in [-0.2, -0.15) is 0 Å². The number of halogens is 1. The van der Waals surface area contributed by atoms with E-state index in [1.807, 2.05) is 31.2 Å². The molecule has 2 amide bonds. The number of benzene rings is 1. The van der Waals surface area contributed by atoms with Gasteiger partial charge in [-0.3, -0.25) is 0 Å². The zero-order valence-electron chi connectivity index (χ0n) is 10.9. The van der Waals surface area contributed by atoms with E-state index in [1.165, 1.54) is 4.90 Å². The van der Waals surface area contributed by atoms with E-state index in [2.05, 4.69) is 21.2 Å². The maximum atomic E-state index is 11.9. The second-order valence-electron chi connectivity index (χ2n) is 4.34. The van der Waals surface area contributed by atoms with E-state index in [9.17, 15) is 4.79 Å². The lowest BCUT2D eigenvalue weighted by molar-refractivity contribution is 0.155. The van der Waals surface area contributed by atoms with E-state index >= 15 is 0 Å². The molecule has 1 aromatic rings. The number of aliphatic hydroxyl groups excluding tert-OH is 1. The highest BCUT2D eigenvalue weighted by Gasteiger charge is 2.18. The highest BCUT2D eigenvalue weighted by atomic mass is 79.9. The van der Waals surface area contributed by atoms with Crippen molar-refractivity contribution in [2.45, 2.75) is 25.9 Å². The van der Waals surface area contributed by atoms with Crippen molar-refractivity contribution in [3.63, 3.8) is 0 Å². The zero-order valence-corrected chi connectivity index (χ0v) is 12.4. The van der Waals surface area contributed by atoms with Gasteiger partial charge in [-0.15, -0.1) is 0 Å². The van der Waals surface area contributed by atoms with Gasteiger partial charge in [-0.1, -0.05) is 34.1 Å². The number of nitrogens with zero attached hydrogens (tertiary/aromatic N) is 1. The van der Waals surface area contributed by atoms with Crippen molar-refractivity contribution in [3.8, 4) is 0 Å². The summed E-state index contributed by atoms with van der Waals surface area (Å²) in [5.74, 6) is 0. The first kappa shape index (κ1) is 15.0. The van der Waals surface area contributed by atoms with Crippen LogP contribution < -0.4 is 5.32 Å². The summed E-state index contributed by atoms with van der Waals surface area (Å²) in [6.45, 7) is 3.67. The van der Waals surface area contributed by atoms with Crippen LogP contribution in [0.2, 0.25) is 0 Å². The highest BCUT2D eigenvalue weighted by molar-refractivity contribution is 9.10. The van der Waals surface area contributed by atoms with Crippen molar-refractivity contribution in [1.82, 2.24) is 10.2 Å².